The van der Waals surface area contributed by atoms with E-state index in [1.54, 1.807) is 0 Å². The van der Waals surface area contributed by atoms with Crippen molar-refractivity contribution < 1.29 is 18.7 Å². The van der Waals surface area contributed by atoms with E-state index in [9.17, 15) is 18.7 Å². The number of fused-ring (bicyclic) bond motifs is 1. The van der Waals surface area contributed by atoms with E-state index in [1.807, 2.05) is 0 Å². The van der Waals surface area contributed by atoms with Gasteiger partial charge in [0.05, 0.1) is 17.4 Å². The number of nitrogen functional groups attached to an aromatic ring is 1. The van der Waals surface area contributed by atoms with Crippen molar-refractivity contribution in [3.63, 3.8) is 0 Å². The van der Waals surface area contributed by atoms with Gasteiger partial charge >= 0.3 is 0 Å². The minimum Gasteiger partial charge on any atom is -0.388 e. The van der Waals surface area contributed by atoms with Crippen LogP contribution in [-0.4, -0.2) is 44.0 Å². The van der Waals surface area contributed by atoms with E-state index in [1.165, 1.54) is 12.4 Å². The molecule has 0 spiro atoms. The molecule has 0 aliphatic heterocycles. The van der Waals surface area contributed by atoms with Gasteiger partial charge in [0.25, 0.3) is 5.91 Å². The maximum absolute atomic E-state index is 13.2. The molecule has 0 bridgehead atoms. The standard InChI is InChI=1S/C14H17F2N5O2/c15-14(16)3-1-13(23,2-4-14)7-20-12(22)8-5-18-11-10(8)21-9(17)6-19-11/h5-6,23H,1-4,7H2,(H2,17,21)(H,18,19)(H,20,22). The van der Waals surface area contributed by atoms with E-state index in [2.05, 4.69) is 20.3 Å². The van der Waals surface area contributed by atoms with Gasteiger partial charge in [0, 0.05) is 25.6 Å². The van der Waals surface area contributed by atoms with Crippen molar-refractivity contribution in [3.05, 3.63) is 18.0 Å². The average Bonchev–Trinajstić information content (AvgIpc) is 2.92. The number of hydrogen-bond acceptors (Lipinski definition) is 5. The van der Waals surface area contributed by atoms with Gasteiger partial charge in [0.1, 0.15) is 11.3 Å². The Morgan fingerprint density at radius 3 is 2.78 bits per heavy atom. The van der Waals surface area contributed by atoms with Crippen LogP contribution in [0.5, 0.6) is 0 Å². The summed E-state index contributed by atoms with van der Waals surface area (Å²) in [6, 6.07) is 0. The molecule has 1 amide bonds. The Bertz CT molecular complexity index is 736. The minimum absolute atomic E-state index is 0.0546. The molecule has 5 N–H and O–H groups in total. The van der Waals surface area contributed by atoms with Crippen LogP contribution >= 0.6 is 0 Å². The molecule has 1 fully saturated rings. The summed E-state index contributed by atoms with van der Waals surface area (Å²) in [5.74, 6) is -3.03. The first-order valence-corrected chi connectivity index (χ1v) is 7.26. The van der Waals surface area contributed by atoms with Crippen molar-refractivity contribution >= 4 is 22.9 Å². The van der Waals surface area contributed by atoms with Crippen LogP contribution in [-0.2, 0) is 0 Å². The van der Waals surface area contributed by atoms with Gasteiger partial charge in [0.2, 0.25) is 5.92 Å². The minimum atomic E-state index is -2.74. The van der Waals surface area contributed by atoms with Gasteiger partial charge in [-0.3, -0.25) is 4.79 Å². The fraction of sp³-hybridized carbons (Fsp3) is 0.500. The summed E-state index contributed by atoms with van der Waals surface area (Å²) in [6.07, 6.45) is 1.94. The highest BCUT2D eigenvalue weighted by Crippen LogP contribution is 2.38. The largest absolute Gasteiger partial charge is 0.388 e. The molecule has 1 aliphatic carbocycles. The predicted octanol–water partition coefficient (Wildman–Crippen LogP) is 1.21. The number of carbonyl (C=O) groups excluding carboxylic acids is 1. The van der Waals surface area contributed by atoms with Gasteiger partial charge in [-0.25, -0.2) is 18.7 Å². The number of nitrogens with two attached hydrogens (primary N) is 1. The number of rotatable bonds is 3. The molecular formula is C14H17F2N5O2. The number of nitrogens with one attached hydrogen (secondary N) is 2. The third-order valence-electron chi connectivity index (χ3n) is 4.13. The smallest absolute Gasteiger partial charge is 0.255 e. The number of nitrogens with zero attached hydrogens (tertiary/aromatic N) is 2. The monoisotopic (exact) mass is 325 g/mol. The van der Waals surface area contributed by atoms with Gasteiger partial charge in [-0.15, -0.1) is 0 Å². The molecule has 0 aromatic carbocycles. The molecular weight excluding hydrogens is 308 g/mol. The third kappa shape index (κ3) is 3.24. The number of aromatic nitrogens is 3. The molecule has 7 nitrogen and oxygen atoms in total. The van der Waals surface area contributed by atoms with E-state index in [0.717, 1.165) is 0 Å². The molecule has 0 saturated heterocycles. The Balaban J connectivity index is 1.68. The zero-order valence-corrected chi connectivity index (χ0v) is 12.3. The Morgan fingerprint density at radius 2 is 2.09 bits per heavy atom. The molecule has 2 aromatic rings. The molecule has 1 aliphatic rings. The number of halogens is 2. The van der Waals surface area contributed by atoms with Gasteiger partial charge in [-0.1, -0.05) is 0 Å². The topological polar surface area (TPSA) is 117 Å². The summed E-state index contributed by atoms with van der Waals surface area (Å²) in [7, 11) is 0. The Labute approximate surface area is 130 Å². The van der Waals surface area contributed by atoms with E-state index >= 15 is 0 Å². The Kier molecular flexibility index (Phi) is 3.67. The lowest BCUT2D eigenvalue weighted by atomic mass is 9.82. The average molecular weight is 325 g/mol. The zero-order chi connectivity index (χ0) is 16.7. The van der Waals surface area contributed by atoms with Gasteiger partial charge in [0.15, 0.2) is 5.65 Å². The summed E-state index contributed by atoms with van der Waals surface area (Å²) < 4.78 is 26.3. The van der Waals surface area contributed by atoms with Gasteiger partial charge in [-0.2, -0.15) is 0 Å². The lowest BCUT2D eigenvalue weighted by molar-refractivity contribution is -0.101. The second-order valence-electron chi connectivity index (χ2n) is 5.96. The van der Waals surface area contributed by atoms with Crippen LogP contribution in [0.2, 0.25) is 0 Å². The summed E-state index contributed by atoms with van der Waals surface area (Å²) in [5.41, 5.74) is 5.23. The number of amides is 1. The van der Waals surface area contributed by atoms with Crippen molar-refractivity contribution in [2.24, 2.45) is 0 Å². The maximum atomic E-state index is 13.2. The van der Waals surface area contributed by atoms with Crippen molar-refractivity contribution in [1.82, 2.24) is 20.3 Å². The molecule has 3 rings (SSSR count). The fourth-order valence-electron chi connectivity index (χ4n) is 2.68. The van der Waals surface area contributed by atoms with Gasteiger partial charge < -0.3 is 21.1 Å². The lowest BCUT2D eigenvalue weighted by Gasteiger charge is -2.35. The highest BCUT2D eigenvalue weighted by atomic mass is 19.3. The highest BCUT2D eigenvalue weighted by Gasteiger charge is 2.42. The zero-order valence-electron chi connectivity index (χ0n) is 12.3. The molecule has 0 radical (unpaired) electrons. The number of anilines is 1. The molecule has 0 atom stereocenters. The molecule has 0 unspecified atom stereocenters. The number of alkyl halides is 2. The van der Waals surface area contributed by atoms with Crippen LogP contribution in [0, 0.1) is 0 Å². The SMILES string of the molecule is Nc1cnc2[nH]cc(C(=O)NCC3(O)CCC(F)(F)CC3)c2n1. The molecule has 124 valence electrons. The number of aliphatic hydroxyl groups is 1. The normalized spacial score (nSPS) is 19.6. The quantitative estimate of drug-likeness (QED) is 0.677. The molecule has 1 saturated carbocycles. The van der Waals surface area contributed by atoms with Crippen molar-refractivity contribution in [2.45, 2.75) is 37.2 Å². The van der Waals surface area contributed by atoms with Crippen LogP contribution in [0.15, 0.2) is 12.4 Å². The van der Waals surface area contributed by atoms with E-state index in [0.29, 0.717) is 11.2 Å². The summed E-state index contributed by atoms with van der Waals surface area (Å²) in [6.45, 7) is -0.0929. The summed E-state index contributed by atoms with van der Waals surface area (Å²) in [4.78, 5) is 23.1. The molecule has 2 aromatic heterocycles. The van der Waals surface area contributed by atoms with Crippen molar-refractivity contribution in [3.8, 4) is 0 Å². The van der Waals surface area contributed by atoms with Crippen LogP contribution < -0.4 is 11.1 Å². The maximum Gasteiger partial charge on any atom is 0.255 e. The van der Waals surface area contributed by atoms with Gasteiger partial charge in [-0.05, 0) is 12.8 Å². The van der Waals surface area contributed by atoms with Crippen molar-refractivity contribution in [1.29, 1.82) is 0 Å². The second-order valence-corrected chi connectivity index (χ2v) is 5.96. The molecule has 9 heteroatoms. The highest BCUT2D eigenvalue weighted by molar-refractivity contribution is 6.04. The number of hydrogen-bond donors (Lipinski definition) is 4. The Hall–Kier alpha value is -2.29. The second kappa shape index (κ2) is 5.41. The summed E-state index contributed by atoms with van der Waals surface area (Å²) >= 11 is 0. The van der Waals surface area contributed by atoms with E-state index < -0.39 is 17.4 Å². The van der Waals surface area contributed by atoms with Crippen LogP contribution in [0.4, 0.5) is 14.6 Å². The first kappa shape index (κ1) is 15.6. The lowest BCUT2D eigenvalue weighted by Crippen LogP contribution is -2.47. The summed E-state index contributed by atoms with van der Waals surface area (Å²) in [5, 5.41) is 12.9. The van der Waals surface area contributed by atoms with Crippen LogP contribution in [0.25, 0.3) is 11.2 Å². The molecule has 23 heavy (non-hydrogen) atoms. The predicted molar refractivity (Wildman–Crippen MR) is 79.0 cm³/mol. The Morgan fingerprint density at radius 1 is 1.39 bits per heavy atom. The molecule has 2 heterocycles. The van der Waals surface area contributed by atoms with Crippen molar-refractivity contribution in [2.75, 3.05) is 12.3 Å². The number of carbonyl (C=O) groups is 1. The van der Waals surface area contributed by atoms with E-state index in [4.69, 9.17) is 5.73 Å². The van der Waals surface area contributed by atoms with Crippen LogP contribution in [0.3, 0.4) is 0 Å². The fourth-order valence-corrected chi connectivity index (χ4v) is 2.68. The first-order chi connectivity index (χ1) is 10.8. The number of aromatic amines is 1. The first-order valence-electron chi connectivity index (χ1n) is 7.26. The number of H-pyrrole nitrogens is 1. The van der Waals surface area contributed by atoms with E-state index in [-0.39, 0.29) is 43.6 Å². The third-order valence-corrected chi connectivity index (χ3v) is 4.13. The van der Waals surface area contributed by atoms with Crippen LogP contribution in [0.1, 0.15) is 36.0 Å².